The van der Waals surface area contributed by atoms with Crippen molar-refractivity contribution >= 4 is 29.3 Å². The molecule has 0 radical (unpaired) electrons. The van der Waals surface area contributed by atoms with Crippen molar-refractivity contribution < 1.29 is 42.9 Å². The number of ketones is 2. The van der Waals surface area contributed by atoms with Crippen molar-refractivity contribution in [2.45, 2.75) is 97.8 Å². The zero-order chi connectivity index (χ0) is 42.4. The molecule has 0 spiro atoms. The summed E-state index contributed by atoms with van der Waals surface area (Å²) in [5, 5.41) is 15.2. The largest absolute Gasteiger partial charge is 0.448 e. The van der Waals surface area contributed by atoms with E-state index in [1.807, 2.05) is 76.2 Å². The van der Waals surface area contributed by atoms with E-state index in [1.165, 1.54) is 0 Å². The molecule has 1 aliphatic heterocycles. The summed E-state index contributed by atoms with van der Waals surface area (Å²) in [5.74, 6) is 0.0164. The lowest BCUT2D eigenvalue weighted by atomic mass is 9.95. The summed E-state index contributed by atoms with van der Waals surface area (Å²) in [6, 6.07) is 15.4. The van der Waals surface area contributed by atoms with Gasteiger partial charge >= 0.3 is 6.09 Å². The monoisotopic (exact) mass is 820 g/mol. The van der Waals surface area contributed by atoms with Crippen LogP contribution in [0.15, 0.2) is 48.5 Å². The van der Waals surface area contributed by atoms with Crippen LogP contribution in [0.25, 0.3) is 22.5 Å². The van der Waals surface area contributed by atoms with Gasteiger partial charge in [0.15, 0.2) is 5.78 Å². The van der Waals surface area contributed by atoms with Gasteiger partial charge in [0.25, 0.3) is 0 Å². The third-order valence-electron chi connectivity index (χ3n) is 9.80. The van der Waals surface area contributed by atoms with Crippen LogP contribution >= 0.6 is 0 Å². The smallest absolute Gasteiger partial charge is 0.407 e. The molecule has 4 rings (SSSR count). The second-order valence-electron chi connectivity index (χ2n) is 15.1. The highest BCUT2D eigenvalue weighted by Crippen LogP contribution is 2.41. The molecule has 59 heavy (non-hydrogen) atoms. The second kappa shape index (κ2) is 25.8. The number of anilines is 1. The SMILES string of the molecule is COCCOCCOCCOCCCC(=O)CCC(=O)N1Cc2ccccc2-c2c(nnn2CCOC(=O)NCCCCC(NC(C)C)C(=O)C(C)C)-c2ccccc21. The minimum atomic E-state index is -0.521. The molecule has 324 valence electrons. The van der Waals surface area contributed by atoms with Crippen LogP contribution in [-0.4, -0.2) is 117 Å². The summed E-state index contributed by atoms with van der Waals surface area (Å²) in [4.78, 5) is 53.6. The molecule has 2 N–H and O–H groups in total. The quantitative estimate of drug-likeness (QED) is 0.0849. The van der Waals surface area contributed by atoms with E-state index in [2.05, 4.69) is 20.9 Å². The van der Waals surface area contributed by atoms with Gasteiger partial charge in [0, 0.05) is 62.6 Å². The summed E-state index contributed by atoms with van der Waals surface area (Å²) in [5.41, 5.74) is 4.55. The molecule has 0 aliphatic carbocycles. The predicted molar refractivity (Wildman–Crippen MR) is 225 cm³/mol. The van der Waals surface area contributed by atoms with Gasteiger partial charge in [-0.15, -0.1) is 5.10 Å². The number of benzene rings is 2. The highest BCUT2D eigenvalue weighted by molar-refractivity contribution is 6.01. The number of ether oxygens (including phenoxy) is 5. The Morgan fingerprint density at radius 1 is 0.763 bits per heavy atom. The van der Waals surface area contributed by atoms with Crippen molar-refractivity contribution in [3.8, 4) is 22.5 Å². The number of Topliss-reactive ketones (excluding diaryl/α,β-unsaturated/α-hetero) is 2. The van der Waals surface area contributed by atoms with E-state index in [9.17, 15) is 19.2 Å². The first kappa shape index (κ1) is 47.1. The number of alkyl carbamates (subject to hydrolysis) is 1. The summed E-state index contributed by atoms with van der Waals surface area (Å²) >= 11 is 0. The van der Waals surface area contributed by atoms with Crippen molar-refractivity contribution in [3.05, 3.63) is 54.1 Å². The molecule has 0 saturated heterocycles. The minimum absolute atomic E-state index is 0.0100. The number of unbranched alkanes of at least 4 members (excludes halogenated alkanes) is 1. The lowest BCUT2D eigenvalue weighted by Crippen LogP contribution is -2.42. The predicted octanol–water partition coefficient (Wildman–Crippen LogP) is 5.77. The zero-order valence-electron chi connectivity index (χ0n) is 35.5. The molecule has 2 heterocycles. The van der Waals surface area contributed by atoms with Crippen molar-refractivity contribution in [3.63, 3.8) is 0 Å². The highest BCUT2D eigenvalue weighted by Gasteiger charge is 2.29. The Morgan fingerprint density at radius 3 is 2.15 bits per heavy atom. The number of carbonyl (C=O) groups is 4. The summed E-state index contributed by atoms with van der Waals surface area (Å²) in [7, 11) is 1.63. The number of rotatable bonds is 28. The number of aromatic nitrogens is 3. The van der Waals surface area contributed by atoms with Crippen molar-refractivity contribution in [2.24, 2.45) is 5.92 Å². The van der Waals surface area contributed by atoms with Crippen molar-refractivity contribution in [2.75, 3.05) is 71.4 Å². The summed E-state index contributed by atoms with van der Waals surface area (Å²) in [6.45, 7) is 12.3. The van der Waals surface area contributed by atoms with Crippen LogP contribution in [0.3, 0.4) is 0 Å². The van der Waals surface area contributed by atoms with Gasteiger partial charge in [0.1, 0.15) is 18.1 Å². The van der Waals surface area contributed by atoms with Gasteiger partial charge in [-0.2, -0.15) is 0 Å². The number of hydrogen-bond donors (Lipinski definition) is 2. The van der Waals surface area contributed by atoms with E-state index in [0.717, 1.165) is 35.2 Å². The highest BCUT2D eigenvalue weighted by atomic mass is 16.6. The lowest BCUT2D eigenvalue weighted by Gasteiger charge is -2.28. The van der Waals surface area contributed by atoms with Crippen LogP contribution in [0, 0.1) is 5.92 Å². The molecule has 15 nitrogen and oxygen atoms in total. The first-order chi connectivity index (χ1) is 28.6. The maximum Gasteiger partial charge on any atom is 0.407 e. The Kier molecular flexibility index (Phi) is 20.6. The fraction of sp³-hybridized carbons (Fsp3) is 0.591. The average Bonchev–Trinajstić information content (AvgIpc) is 3.63. The van der Waals surface area contributed by atoms with Crippen LogP contribution in [-0.2, 0) is 51.2 Å². The molecule has 2 aromatic carbocycles. The zero-order valence-corrected chi connectivity index (χ0v) is 35.5. The number of nitrogens with zero attached hydrogens (tertiary/aromatic N) is 4. The molecule has 0 bridgehead atoms. The standard InChI is InChI=1S/C44H64N6O9/c1-32(2)43(53)38(46-33(3)4)17-10-11-21-45-44(54)59-24-22-50-42-36-15-7-6-13-34(36)31-49(39-18-9-8-16-37(39)41(42)47-48-50)40(52)20-19-35(51)14-12-23-56-27-28-58-30-29-57-26-25-55-5/h6-9,13,15-16,18,32-33,38,46H,10-12,14,17,19-31H2,1-5H3,(H,45,54). The molecule has 1 aliphatic rings. The Labute approximate surface area is 348 Å². The normalized spacial score (nSPS) is 12.7. The van der Waals surface area contributed by atoms with E-state index < -0.39 is 6.09 Å². The Bertz CT molecular complexity index is 1760. The number of fused-ring (bicyclic) bond motifs is 5. The summed E-state index contributed by atoms with van der Waals surface area (Å²) < 4.78 is 28.6. The Hall–Kier alpha value is -4.54. The van der Waals surface area contributed by atoms with Gasteiger partial charge in [-0.25, -0.2) is 9.48 Å². The molecule has 2 amide bonds. The topological polar surface area (TPSA) is 172 Å². The summed E-state index contributed by atoms with van der Waals surface area (Å²) in [6.07, 6.45) is 2.81. The fourth-order valence-electron chi connectivity index (χ4n) is 6.81. The first-order valence-corrected chi connectivity index (χ1v) is 21.0. The lowest BCUT2D eigenvalue weighted by molar-refractivity contribution is -0.124. The molecule has 1 aromatic heterocycles. The second-order valence-corrected chi connectivity index (χ2v) is 15.1. The fourth-order valence-corrected chi connectivity index (χ4v) is 6.81. The maximum absolute atomic E-state index is 13.9. The number of para-hydroxylation sites is 1. The maximum atomic E-state index is 13.9. The Balaban J connectivity index is 1.28. The third-order valence-corrected chi connectivity index (χ3v) is 9.80. The molecule has 0 saturated carbocycles. The van der Waals surface area contributed by atoms with Gasteiger partial charge in [-0.1, -0.05) is 75.4 Å². The molecule has 1 unspecified atom stereocenters. The van der Waals surface area contributed by atoms with Gasteiger partial charge in [0.05, 0.1) is 70.2 Å². The van der Waals surface area contributed by atoms with E-state index in [1.54, 1.807) is 16.7 Å². The van der Waals surface area contributed by atoms with E-state index in [4.69, 9.17) is 23.7 Å². The van der Waals surface area contributed by atoms with Crippen LogP contribution in [0.2, 0.25) is 0 Å². The number of methoxy groups -OCH3 is 1. The Morgan fingerprint density at radius 2 is 1.44 bits per heavy atom. The molecule has 3 aromatic rings. The van der Waals surface area contributed by atoms with Crippen LogP contribution in [0.4, 0.5) is 10.5 Å². The van der Waals surface area contributed by atoms with Crippen LogP contribution in [0.1, 0.15) is 78.2 Å². The number of carbonyl (C=O) groups excluding carboxylic acids is 4. The average molecular weight is 821 g/mol. The molecule has 1 atom stereocenters. The number of amides is 2. The van der Waals surface area contributed by atoms with E-state index >= 15 is 0 Å². The first-order valence-electron chi connectivity index (χ1n) is 21.0. The van der Waals surface area contributed by atoms with Crippen molar-refractivity contribution in [1.82, 2.24) is 25.6 Å². The molecular weight excluding hydrogens is 757 g/mol. The van der Waals surface area contributed by atoms with Crippen LogP contribution in [0.5, 0.6) is 0 Å². The van der Waals surface area contributed by atoms with Crippen LogP contribution < -0.4 is 15.5 Å². The molecule has 0 fully saturated rings. The molecular formula is C44H64N6O9. The van der Waals surface area contributed by atoms with Gasteiger partial charge in [0.2, 0.25) is 5.91 Å². The third kappa shape index (κ3) is 15.5. The van der Waals surface area contributed by atoms with Crippen molar-refractivity contribution in [1.29, 1.82) is 0 Å². The van der Waals surface area contributed by atoms with E-state index in [-0.39, 0.29) is 61.5 Å². The minimum Gasteiger partial charge on any atom is -0.448 e. The molecule has 15 heteroatoms. The number of hydrogen-bond acceptors (Lipinski definition) is 12. The van der Waals surface area contributed by atoms with E-state index in [0.29, 0.717) is 90.0 Å². The van der Waals surface area contributed by atoms with Gasteiger partial charge < -0.3 is 39.2 Å². The number of nitrogens with one attached hydrogen (secondary N) is 2. The van der Waals surface area contributed by atoms with Gasteiger partial charge in [-0.3, -0.25) is 14.4 Å². The van der Waals surface area contributed by atoms with Gasteiger partial charge in [-0.05, 0) is 37.3 Å².